The highest BCUT2D eigenvalue weighted by Gasteiger charge is 2.07. The lowest BCUT2D eigenvalue weighted by molar-refractivity contribution is 0.102. The van der Waals surface area contributed by atoms with Crippen molar-refractivity contribution in [2.75, 3.05) is 5.32 Å². The molecule has 0 spiro atoms. The van der Waals surface area contributed by atoms with E-state index < -0.39 is 0 Å². The van der Waals surface area contributed by atoms with Crippen LogP contribution in [0.15, 0.2) is 46.9 Å². The van der Waals surface area contributed by atoms with Crippen molar-refractivity contribution in [2.45, 2.75) is 6.92 Å². The van der Waals surface area contributed by atoms with Gasteiger partial charge in [-0.15, -0.1) is 0 Å². The van der Waals surface area contributed by atoms with E-state index in [9.17, 15) is 4.79 Å². The molecule has 3 N–H and O–H groups in total. The molecule has 0 aromatic heterocycles. The maximum Gasteiger partial charge on any atom is 0.255 e. The van der Waals surface area contributed by atoms with Crippen molar-refractivity contribution in [3.63, 3.8) is 0 Å². The molecule has 0 fully saturated rings. The first-order chi connectivity index (χ1) is 9.47. The van der Waals surface area contributed by atoms with Crippen LogP contribution >= 0.6 is 28.1 Å². The van der Waals surface area contributed by atoms with Crippen molar-refractivity contribution < 1.29 is 4.79 Å². The fraction of sp³-hybridized carbons (Fsp3) is 0.0667. The second-order valence-electron chi connectivity index (χ2n) is 4.36. The van der Waals surface area contributed by atoms with Gasteiger partial charge >= 0.3 is 0 Å². The van der Waals surface area contributed by atoms with Crippen LogP contribution in [0.25, 0.3) is 0 Å². The summed E-state index contributed by atoms with van der Waals surface area (Å²) in [6, 6.07) is 12.6. The quantitative estimate of drug-likeness (QED) is 0.832. The minimum Gasteiger partial charge on any atom is -0.389 e. The van der Waals surface area contributed by atoms with Gasteiger partial charge in [0.15, 0.2) is 0 Å². The van der Waals surface area contributed by atoms with Crippen molar-refractivity contribution in [1.29, 1.82) is 0 Å². The number of rotatable bonds is 3. The molecule has 0 unspecified atom stereocenters. The molecule has 102 valence electrons. The zero-order valence-corrected chi connectivity index (χ0v) is 13.2. The van der Waals surface area contributed by atoms with E-state index in [1.54, 1.807) is 24.3 Å². The Morgan fingerprint density at radius 3 is 2.30 bits per heavy atom. The van der Waals surface area contributed by atoms with Crippen LogP contribution in [0.4, 0.5) is 5.69 Å². The van der Waals surface area contributed by atoms with Gasteiger partial charge in [-0.2, -0.15) is 0 Å². The number of carbonyl (C=O) groups is 1. The van der Waals surface area contributed by atoms with E-state index in [0.717, 1.165) is 21.3 Å². The Labute approximate surface area is 131 Å². The number of halogens is 1. The van der Waals surface area contributed by atoms with Crippen LogP contribution in [-0.4, -0.2) is 10.9 Å². The van der Waals surface area contributed by atoms with Gasteiger partial charge in [0.25, 0.3) is 5.91 Å². The van der Waals surface area contributed by atoms with Crippen molar-refractivity contribution in [2.24, 2.45) is 5.73 Å². The third-order valence-electron chi connectivity index (χ3n) is 2.86. The molecule has 3 nitrogen and oxygen atoms in total. The van der Waals surface area contributed by atoms with E-state index in [4.69, 9.17) is 18.0 Å². The Morgan fingerprint density at radius 2 is 1.75 bits per heavy atom. The summed E-state index contributed by atoms with van der Waals surface area (Å²) in [6.45, 7) is 1.99. The third kappa shape index (κ3) is 3.43. The van der Waals surface area contributed by atoms with Gasteiger partial charge < -0.3 is 11.1 Å². The normalized spacial score (nSPS) is 10.1. The molecule has 0 bridgehead atoms. The first-order valence-corrected chi connectivity index (χ1v) is 7.15. The van der Waals surface area contributed by atoms with Crippen LogP contribution in [0.3, 0.4) is 0 Å². The van der Waals surface area contributed by atoms with E-state index in [0.29, 0.717) is 10.6 Å². The third-order valence-corrected chi connectivity index (χ3v) is 3.95. The Kier molecular flexibility index (Phi) is 4.52. The Morgan fingerprint density at radius 1 is 1.15 bits per heavy atom. The molecule has 5 heteroatoms. The van der Waals surface area contributed by atoms with Gasteiger partial charge in [0, 0.05) is 21.3 Å². The van der Waals surface area contributed by atoms with Crippen LogP contribution in [0.2, 0.25) is 0 Å². The highest BCUT2D eigenvalue weighted by atomic mass is 79.9. The zero-order valence-electron chi connectivity index (χ0n) is 10.8. The van der Waals surface area contributed by atoms with E-state index in [1.807, 2.05) is 25.1 Å². The minimum atomic E-state index is -0.171. The second kappa shape index (κ2) is 6.15. The van der Waals surface area contributed by atoms with Crippen LogP contribution in [0.1, 0.15) is 21.5 Å². The van der Waals surface area contributed by atoms with Gasteiger partial charge in [0.2, 0.25) is 0 Å². The molecule has 0 aliphatic carbocycles. The molecule has 0 saturated carbocycles. The van der Waals surface area contributed by atoms with Crippen LogP contribution in [0.5, 0.6) is 0 Å². The summed E-state index contributed by atoms with van der Waals surface area (Å²) in [4.78, 5) is 12.4. The van der Waals surface area contributed by atoms with Crippen LogP contribution in [-0.2, 0) is 0 Å². The summed E-state index contributed by atoms with van der Waals surface area (Å²) in [6.07, 6.45) is 0. The molecule has 0 heterocycles. The van der Waals surface area contributed by atoms with Gasteiger partial charge in [-0.05, 0) is 36.8 Å². The number of anilines is 1. The number of nitrogens with two attached hydrogens (primary N) is 1. The predicted molar refractivity (Wildman–Crippen MR) is 89.2 cm³/mol. The summed E-state index contributed by atoms with van der Waals surface area (Å²) >= 11 is 8.31. The van der Waals surface area contributed by atoms with Crippen LogP contribution < -0.4 is 11.1 Å². The van der Waals surface area contributed by atoms with E-state index in [1.165, 1.54) is 0 Å². The van der Waals surface area contributed by atoms with Gasteiger partial charge in [-0.3, -0.25) is 4.79 Å². The fourth-order valence-electron chi connectivity index (χ4n) is 1.66. The number of hydrogen-bond acceptors (Lipinski definition) is 2. The van der Waals surface area contributed by atoms with Crippen molar-refractivity contribution in [3.05, 3.63) is 63.6 Å². The smallest absolute Gasteiger partial charge is 0.255 e. The van der Waals surface area contributed by atoms with E-state index in [-0.39, 0.29) is 5.91 Å². The van der Waals surface area contributed by atoms with E-state index >= 15 is 0 Å². The molecule has 0 atom stereocenters. The Balaban J connectivity index is 2.15. The number of amides is 1. The van der Waals surface area contributed by atoms with Gasteiger partial charge in [-0.25, -0.2) is 0 Å². The minimum absolute atomic E-state index is 0.171. The number of hydrogen-bond donors (Lipinski definition) is 2. The van der Waals surface area contributed by atoms with Crippen LogP contribution in [0, 0.1) is 6.92 Å². The van der Waals surface area contributed by atoms with Crippen molar-refractivity contribution >= 4 is 44.7 Å². The first-order valence-electron chi connectivity index (χ1n) is 5.95. The number of nitrogens with one attached hydrogen (secondary N) is 1. The summed E-state index contributed by atoms with van der Waals surface area (Å²) in [5.74, 6) is -0.171. The average molecular weight is 349 g/mol. The second-order valence-corrected chi connectivity index (χ2v) is 5.65. The molecular weight excluding hydrogens is 336 g/mol. The zero-order chi connectivity index (χ0) is 14.7. The summed E-state index contributed by atoms with van der Waals surface area (Å²) in [5.41, 5.74) is 8.68. The first kappa shape index (κ1) is 14.7. The number of aryl methyl sites for hydroxylation is 1. The Bertz CT molecular complexity index is 668. The SMILES string of the molecule is Cc1ccc(NC(=O)c2ccc(C(N)=S)cc2)cc1Br. The van der Waals surface area contributed by atoms with Gasteiger partial charge in [-0.1, -0.05) is 46.3 Å². The topological polar surface area (TPSA) is 55.1 Å². The maximum atomic E-state index is 12.1. The maximum absolute atomic E-state index is 12.1. The number of thiocarbonyl (C=S) groups is 1. The molecule has 1 amide bonds. The lowest BCUT2D eigenvalue weighted by Crippen LogP contribution is -2.13. The molecule has 2 aromatic rings. The van der Waals surface area contributed by atoms with Gasteiger partial charge in [0.05, 0.1) is 0 Å². The number of carbonyl (C=O) groups excluding carboxylic acids is 1. The van der Waals surface area contributed by atoms with Gasteiger partial charge in [0.1, 0.15) is 4.99 Å². The molecule has 20 heavy (non-hydrogen) atoms. The van der Waals surface area contributed by atoms with Crippen molar-refractivity contribution in [3.8, 4) is 0 Å². The molecule has 0 aliphatic heterocycles. The number of benzene rings is 2. The summed E-state index contributed by atoms with van der Waals surface area (Å²) in [5, 5.41) is 2.84. The highest BCUT2D eigenvalue weighted by Crippen LogP contribution is 2.21. The fourth-order valence-corrected chi connectivity index (χ4v) is 2.17. The summed E-state index contributed by atoms with van der Waals surface area (Å²) < 4.78 is 0.958. The largest absolute Gasteiger partial charge is 0.389 e. The monoisotopic (exact) mass is 348 g/mol. The molecule has 0 radical (unpaired) electrons. The average Bonchev–Trinajstić information content (AvgIpc) is 2.43. The predicted octanol–water partition coefficient (Wildman–Crippen LogP) is 3.64. The molecule has 0 saturated heterocycles. The standard InChI is InChI=1S/C15H13BrN2OS/c1-9-2-7-12(8-13(9)16)18-15(19)11-5-3-10(4-6-11)14(17)20/h2-8H,1H3,(H2,17,20)(H,18,19). The molecule has 2 rings (SSSR count). The lowest BCUT2D eigenvalue weighted by Gasteiger charge is -2.07. The van der Waals surface area contributed by atoms with E-state index in [2.05, 4.69) is 21.2 Å². The molecule has 0 aliphatic rings. The Hall–Kier alpha value is -1.72. The summed E-state index contributed by atoms with van der Waals surface area (Å²) in [7, 11) is 0. The molecule has 2 aromatic carbocycles. The lowest BCUT2D eigenvalue weighted by atomic mass is 10.1. The molecular formula is C15H13BrN2OS. The van der Waals surface area contributed by atoms with Crippen molar-refractivity contribution in [1.82, 2.24) is 0 Å². The highest BCUT2D eigenvalue weighted by molar-refractivity contribution is 9.10.